The van der Waals surface area contributed by atoms with Gasteiger partial charge in [0, 0.05) is 16.5 Å². The Balaban J connectivity index is 1.64. The van der Waals surface area contributed by atoms with Crippen molar-refractivity contribution in [2.75, 3.05) is 5.73 Å². The van der Waals surface area contributed by atoms with Crippen molar-refractivity contribution in [3.8, 4) is 23.1 Å². The van der Waals surface area contributed by atoms with Crippen molar-refractivity contribution >= 4 is 21.7 Å². The number of rotatable bonds is 4. The van der Waals surface area contributed by atoms with Crippen LogP contribution < -0.4 is 15.5 Å². The van der Waals surface area contributed by atoms with Gasteiger partial charge in [-0.2, -0.15) is 5.26 Å². The summed E-state index contributed by atoms with van der Waals surface area (Å²) in [6.45, 7) is 0.320. The van der Waals surface area contributed by atoms with Gasteiger partial charge in [-0.15, -0.1) is 0 Å². The summed E-state index contributed by atoms with van der Waals surface area (Å²) in [6, 6.07) is 13.7. The first-order valence-corrected chi connectivity index (χ1v) is 9.69. The molecule has 0 atom stereocenters. The van der Waals surface area contributed by atoms with Crippen molar-refractivity contribution in [2.45, 2.75) is 32.3 Å². The van der Waals surface area contributed by atoms with Gasteiger partial charge >= 0.3 is 0 Å². The molecular weight excluding hydrogens is 406 g/mol. The molecule has 27 heavy (non-hydrogen) atoms. The number of H-pyrrole nitrogens is 1. The Hall–Kier alpha value is -2.78. The van der Waals surface area contributed by atoms with Crippen LogP contribution in [-0.4, -0.2) is 0 Å². The van der Waals surface area contributed by atoms with E-state index in [1.54, 1.807) is 0 Å². The number of nitrogens with zero attached hydrogens (tertiary/aromatic N) is 1. The molecule has 0 fully saturated rings. The zero-order valence-corrected chi connectivity index (χ0v) is 16.3. The number of furan rings is 1. The van der Waals surface area contributed by atoms with Gasteiger partial charge in [-0.3, -0.25) is 5.73 Å². The summed E-state index contributed by atoms with van der Waals surface area (Å²) in [4.78, 5) is 3.20. The van der Waals surface area contributed by atoms with E-state index in [0.717, 1.165) is 52.7 Å². The second-order valence-corrected chi connectivity index (χ2v) is 7.49. The number of anilines is 1. The van der Waals surface area contributed by atoms with E-state index in [0.29, 0.717) is 29.5 Å². The molecule has 0 bridgehead atoms. The monoisotopic (exact) mass is 424 g/mol. The second-order valence-electron chi connectivity index (χ2n) is 6.57. The molecule has 4 rings (SSSR count). The average Bonchev–Trinajstić information content (AvgIpc) is 3.15. The number of nitrogens with one attached hydrogen (secondary N) is 1. The minimum absolute atomic E-state index is 0.320. The molecule has 0 saturated carbocycles. The summed E-state index contributed by atoms with van der Waals surface area (Å²) in [5, 5.41) is 9.62. The molecule has 0 amide bonds. The first-order chi connectivity index (χ1) is 13.2. The molecule has 2 aromatic heterocycles. The number of nitrogens with two attached hydrogens (primary N) is 1. The number of benzene rings is 1. The molecular formula is C21H19BrN3O2+. The zero-order chi connectivity index (χ0) is 18.8. The van der Waals surface area contributed by atoms with Crippen LogP contribution in [-0.2, 0) is 19.4 Å². The summed E-state index contributed by atoms with van der Waals surface area (Å²) in [5.74, 6) is 2.54. The number of halogens is 1. The molecule has 0 aliphatic heterocycles. The van der Waals surface area contributed by atoms with Gasteiger partial charge in [-0.25, -0.2) is 4.98 Å². The van der Waals surface area contributed by atoms with Crippen LogP contribution in [0.5, 0.6) is 5.75 Å². The van der Waals surface area contributed by atoms with Crippen LogP contribution in [0, 0.1) is 11.3 Å². The maximum Gasteiger partial charge on any atom is 0.289 e. The van der Waals surface area contributed by atoms with Crippen molar-refractivity contribution in [1.82, 2.24) is 0 Å². The Morgan fingerprint density at radius 3 is 2.70 bits per heavy atom. The van der Waals surface area contributed by atoms with Gasteiger partial charge in [0.2, 0.25) is 0 Å². The molecule has 0 radical (unpaired) electrons. The van der Waals surface area contributed by atoms with Crippen LogP contribution >= 0.6 is 15.9 Å². The number of ether oxygens (including phenoxy) is 1. The van der Waals surface area contributed by atoms with Crippen LogP contribution in [0.25, 0.3) is 11.3 Å². The number of nitrogen functional groups attached to an aromatic ring is 1. The molecule has 6 heteroatoms. The van der Waals surface area contributed by atoms with Gasteiger partial charge in [0.1, 0.15) is 35.6 Å². The van der Waals surface area contributed by atoms with E-state index < -0.39 is 0 Å². The largest absolute Gasteiger partial charge is 0.486 e. The van der Waals surface area contributed by atoms with Crippen LogP contribution in [0.4, 0.5) is 5.82 Å². The van der Waals surface area contributed by atoms with Crippen LogP contribution in [0.1, 0.15) is 35.4 Å². The smallest absolute Gasteiger partial charge is 0.289 e. The normalized spacial score (nSPS) is 13.0. The summed E-state index contributed by atoms with van der Waals surface area (Å²) >= 11 is 3.41. The molecule has 3 aromatic rings. The highest BCUT2D eigenvalue weighted by atomic mass is 79.9. The van der Waals surface area contributed by atoms with Crippen molar-refractivity contribution in [3.05, 3.63) is 63.5 Å². The summed E-state index contributed by atoms with van der Waals surface area (Å²) < 4.78 is 12.8. The maximum atomic E-state index is 9.62. The van der Waals surface area contributed by atoms with Gasteiger partial charge in [-0.1, -0.05) is 15.9 Å². The Labute approximate surface area is 165 Å². The highest BCUT2D eigenvalue weighted by Gasteiger charge is 2.26. The molecule has 1 aliphatic rings. The second kappa shape index (κ2) is 7.45. The van der Waals surface area contributed by atoms with Gasteiger partial charge in [0.15, 0.2) is 5.56 Å². The minimum atomic E-state index is 0.320. The first-order valence-electron chi connectivity index (χ1n) is 8.90. The van der Waals surface area contributed by atoms with Gasteiger partial charge in [-0.05, 0) is 55.7 Å². The third kappa shape index (κ3) is 3.56. The quantitative estimate of drug-likeness (QED) is 0.670. The van der Waals surface area contributed by atoms with Crippen molar-refractivity contribution in [2.24, 2.45) is 0 Å². The lowest BCUT2D eigenvalue weighted by atomic mass is 9.89. The average molecular weight is 425 g/mol. The molecule has 0 spiro atoms. The number of nitriles is 1. The molecule has 1 aromatic carbocycles. The number of hydrogen-bond donors (Lipinski definition) is 1. The lowest BCUT2D eigenvalue weighted by molar-refractivity contribution is -0.374. The number of pyridine rings is 1. The third-order valence-corrected chi connectivity index (χ3v) is 5.32. The van der Waals surface area contributed by atoms with Gasteiger partial charge < -0.3 is 9.15 Å². The minimum Gasteiger partial charge on any atom is -0.486 e. The zero-order valence-electron chi connectivity index (χ0n) is 14.7. The molecule has 2 heterocycles. The molecule has 3 N–H and O–H groups in total. The van der Waals surface area contributed by atoms with Gasteiger partial charge in [0.05, 0.1) is 5.56 Å². The van der Waals surface area contributed by atoms with Crippen LogP contribution in [0.3, 0.4) is 0 Å². The summed E-state index contributed by atoms with van der Waals surface area (Å²) in [7, 11) is 0. The first kappa shape index (κ1) is 17.6. The third-order valence-electron chi connectivity index (χ3n) is 4.79. The van der Waals surface area contributed by atoms with Crippen LogP contribution in [0.2, 0.25) is 0 Å². The van der Waals surface area contributed by atoms with Crippen molar-refractivity contribution in [3.63, 3.8) is 0 Å². The Morgan fingerprint density at radius 1 is 1.15 bits per heavy atom. The Morgan fingerprint density at radius 2 is 1.93 bits per heavy atom. The summed E-state index contributed by atoms with van der Waals surface area (Å²) in [5.41, 5.74) is 9.61. The highest BCUT2D eigenvalue weighted by molar-refractivity contribution is 9.10. The highest BCUT2D eigenvalue weighted by Crippen LogP contribution is 2.35. The topological polar surface area (TPSA) is 86.3 Å². The standard InChI is InChI=1S/C21H18BrN3O2/c22-13-5-7-14(8-6-13)26-12-15-9-10-19(27-15)20-16-3-1-2-4-18(16)25-21(24)17(20)11-23/h5-10H,1-4,12H2,(H2,24,25)/p+1. The van der Waals surface area contributed by atoms with E-state index in [9.17, 15) is 5.26 Å². The van der Waals surface area contributed by atoms with Crippen molar-refractivity contribution < 1.29 is 14.1 Å². The molecule has 0 unspecified atom stereocenters. The Kier molecular flexibility index (Phi) is 4.87. The maximum absolute atomic E-state index is 9.62. The summed E-state index contributed by atoms with van der Waals surface area (Å²) in [6.07, 6.45) is 4.08. The fourth-order valence-corrected chi connectivity index (χ4v) is 3.76. The van der Waals surface area contributed by atoms with E-state index >= 15 is 0 Å². The van der Waals surface area contributed by atoms with E-state index in [1.165, 1.54) is 0 Å². The number of aryl methyl sites for hydroxylation is 1. The molecule has 136 valence electrons. The molecule has 5 nitrogen and oxygen atoms in total. The Bertz CT molecular complexity index is 1020. The van der Waals surface area contributed by atoms with E-state index in [1.807, 2.05) is 36.4 Å². The number of aromatic nitrogens is 1. The lowest BCUT2D eigenvalue weighted by Gasteiger charge is -2.17. The fourth-order valence-electron chi connectivity index (χ4n) is 3.49. The van der Waals surface area contributed by atoms with E-state index in [2.05, 4.69) is 27.0 Å². The lowest BCUT2D eigenvalue weighted by Crippen LogP contribution is -2.24. The molecule has 1 aliphatic carbocycles. The van der Waals surface area contributed by atoms with E-state index in [-0.39, 0.29) is 0 Å². The predicted octanol–water partition coefficient (Wildman–Crippen LogP) is 4.43. The van der Waals surface area contributed by atoms with E-state index in [4.69, 9.17) is 14.9 Å². The predicted molar refractivity (Wildman–Crippen MR) is 105 cm³/mol. The van der Waals surface area contributed by atoms with Crippen LogP contribution in [0.15, 0.2) is 45.3 Å². The van der Waals surface area contributed by atoms with Gasteiger partial charge in [0.25, 0.3) is 5.82 Å². The molecule has 0 saturated heterocycles. The number of aromatic amines is 1. The SMILES string of the molecule is N#Cc1c(N)[nH+]c2c(c1-c1ccc(COc3ccc(Br)cc3)o1)CCCC2. The fraction of sp³-hybridized carbons (Fsp3) is 0.238. The van der Waals surface area contributed by atoms with Crippen molar-refractivity contribution in [1.29, 1.82) is 5.26 Å². The number of hydrogen-bond acceptors (Lipinski definition) is 4. The number of fused-ring (bicyclic) bond motifs is 1.